The molecule has 1 heteroatoms. The Morgan fingerprint density at radius 2 is 2.00 bits per heavy atom. The first-order valence-corrected chi connectivity index (χ1v) is 5.35. The normalized spacial score (nSPS) is 11.9. The summed E-state index contributed by atoms with van der Waals surface area (Å²) in [5.41, 5.74) is 0. The molecule has 11 heavy (non-hydrogen) atoms. The van der Waals surface area contributed by atoms with E-state index in [0.29, 0.717) is 4.83 Å². The van der Waals surface area contributed by atoms with E-state index >= 15 is 0 Å². The zero-order valence-electron chi connectivity index (χ0n) is 7.49. The minimum atomic E-state index is 0.425. The van der Waals surface area contributed by atoms with Gasteiger partial charge >= 0.3 is 0 Å². The Morgan fingerprint density at radius 3 is 2.55 bits per heavy atom. The van der Waals surface area contributed by atoms with Crippen molar-refractivity contribution in [2.75, 3.05) is 0 Å². The lowest BCUT2D eigenvalue weighted by molar-refractivity contribution is 0.688. The fourth-order valence-corrected chi connectivity index (χ4v) is 1.34. The van der Waals surface area contributed by atoms with E-state index in [2.05, 4.69) is 41.6 Å². The van der Waals surface area contributed by atoms with Crippen LogP contribution in [0.3, 0.4) is 0 Å². The van der Waals surface area contributed by atoms with Crippen LogP contribution in [0.25, 0.3) is 0 Å². The largest absolute Gasteiger partial charge is 0.102 e. The van der Waals surface area contributed by atoms with Crippen LogP contribution in [0.1, 0.15) is 46.0 Å². The van der Waals surface area contributed by atoms with Crippen LogP contribution in [-0.2, 0) is 0 Å². The van der Waals surface area contributed by atoms with Crippen LogP contribution < -0.4 is 0 Å². The molecule has 0 aliphatic carbocycles. The minimum absolute atomic E-state index is 0.425. The highest BCUT2D eigenvalue weighted by Crippen LogP contribution is 2.09. The Hall–Kier alpha value is 0.0400. The molecule has 0 heterocycles. The molecule has 0 fully saturated rings. The highest BCUT2D eigenvalue weighted by molar-refractivity contribution is 9.09. The smallest absolute Gasteiger partial charge is 0.0754 e. The van der Waals surface area contributed by atoms with Crippen LogP contribution in [0.15, 0.2) is 0 Å². The summed E-state index contributed by atoms with van der Waals surface area (Å²) >= 11 is 3.54. The lowest BCUT2D eigenvalue weighted by Gasteiger charge is -1.99. The molecule has 0 aromatic carbocycles. The zero-order chi connectivity index (χ0) is 8.53. The fourth-order valence-electron chi connectivity index (χ4n) is 0.859. The number of alkyl halides is 1. The fraction of sp³-hybridized carbons (Fsp3) is 0.800. The average Bonchev–Trinajstić information content (AvgIpc) is 2.01. The Labute approximate surface area is 78.9 Å². The Balaban J connectivity index is 3.29. The molecule has 0 saturated carbocycles. The van der Waals surface area contributed by atoms with E-state index in [9.17, 15) is 0 Å². The second-order valence-corrected chi connectivity index (χ2v) is 3.74. The van der Waals surface area contributed by atoms with Crippen LogP contribution in [-0.4, -0.2) is 4.83 Å². The first kappa shape index (κ1) is 11.0. The van der Waals surface area contributed by atoms with E-state index in [4.69, 9.17) is 0 Å². The first-order valence-electron chi connectivity index (χ1n) is 4.43. The summed E-state index contributed by atoms with van der Waals surface area (Å²) in [6.45, 7) is 4.31. The summed E-state index contributed by atoms with van der Waals surface area (Å²) in [6.07, 6.45) is 6.08. The van der Waals surface area contributed by atoms with E-state index in [1.807, 2.05) is 0 Å². The average molecular weight is 217 g/mol. The molecular weight excluding hydrogens is 200 g/mol. The molecule has 0 aromatic heterocycles. The maximum Gasteiger partial charge on any atom is 0.0754 e. The second kappa shape index (κ2) is 8.14. The van der Waals surface area contributed by atoms with Crippen molar-refractivity contribution in [3.8, 4) is 11.8 Å². The van der Waals surface area contributed by atoms with Crippen LogP contribution in [0.4, 0.5) is 0 Å². The molecule has 0 aliphatic rings. The molecule has 0 rings (SSSR count). The Morgan fingerprint density at radius 1 is 1.27 bits per heavy atom. The number of hydrogen-bond donors (Lipinski definition) is 0. The van der Waals surface area contributed by atoms with Gasteiger partial charge in [-0.15, -0.1) is 5.92 Å². The lowest BCUT2D eigenvalue weighted by Crippen LogP contribution is -1.92. The number of unbranched alkanes of at least 4 members (excludes halogenated alkanes) is 2. The van der Waals surface area contributed by atoms with Crippen molar-refractivity contribution in [1.82, 2.24) is 0 Å². The van der Waals surface area contributed by atoms with Gasteiger partial charge in [0, 0.05) is 6.42 Å². The topological polar surface area (TPSA) is 0 Å². The number of halogens is 1. The van der Waals surface area contributed by atoms with E-state index < -0.39 is 0 Å². The van der Waals surface area contributed by atoms with E-state index in [-0.39, 0.29) is 0 Å². The molecular formula is C10H17Br. The van der Waals surface area contributed by atoms with Crippen molar-refractivity contribution in [2.45, 2.75) is 50.8 Å². The standard InChI is InChI=1S/C10H17Br/c1-3-5-7-9-10(11)8-6-4-2/h10H,3-5,7,9H2,1-2H3. The van der Waals surface area contributed by atoms with Crippen molar-refractivity contribution in [1.29, 1.82) is 0 Å². The predicted molar refractivity (Wildman–Crippen MR) is 54.9 cm³/mol. The van der Waals surface area contributed by atoms with Gasteiger partial charge in [-0.25, -0.2) is 0 Å². The third kappa shape index (κ3) is 7.94. The lowest BCUT2D eigenvalue weighted by atomic mass is 10.1. The molecule has 1 unspecified atom stereocenters. The SMILES string of the molecule is CCC#CC(Br)CCCCC. The predicted octanol–water partition coefficient (Wildman–Crippen LogP) is 3.74. The van der Waals surface area contributed by atoms with Crippen molar-refractivity contribution in [2.24, 2.45) is 0 Å². The molecule has 64 valence electrons. The maximum absolute atomic E-state index is 3.54. The summed E-state index contributed by atoms with van der Waals surface area (Å²) in [6, 6.07) is 0. The van der Waals surface area contributed by atoms with Crippen LogP contribution in [0, 0.1) is 11.8 Å². The van der Waals surface area contributed by atoms with Crippen LogP contribution in [0.2, 0.25) is 0 Å². The molecule has 0 bridgehead atoms. The van der Waals surface area contributed by atoms with Gasteiger partial charge in [0.1, 0.15) is 0 Å². The number of hydrogen-bond acceptors (Lipinski definition) is 0. The highest BCUT2D eigenvalue weighted by Gasteiger charge is 1.96. The molecule has 0 N–H and O–H groups in total. The van der Waals surface area contributed by atoms with Gasteiger partial charge in [0.05, 0.1) is 4.83 Å². The summed E-state index contributed by atoms with van der Waals surface area (Å²) < 4.78 is 0. The van der Waals surface area contributed by atoms with Gasteiger partial charge in [0.2, 0.25) is 0 Å². The maximum atomic E-state index is 3.54. The third-order valence-electron chi connectivity index (χ3n) is 1.50. The zero-order valence-corrected chi connectivity index (χ0v) is 9.08. The van der Waals surface area contributed by atoms with Gasteiger partial charge in [-0.2, -0.15) is 0 Å². The van der Waals surface area contributed by atoms with Gasteiger partial charge in [-0.1, -0.05) is 55.0 Å². The van der Waals surface area contributed by atoms with Gasteiger partial charge in [-0.05, 0) is 6.42 Å². The van der Waals surface area contributed by atoms with E-state index in [1.54, 1.807) is 0 Å². The molecule has 0 amide bonds. The monoisotopic (exact) mass is 216 g/mol. The Bertz CT molecular complexity index is 130. The summed E-state index contributed by atoms with van der Waals surface area (Å²) in [5, 5.41) is 0. The second-order valence-electron chi connectivity index (χ2n) is 2.64. The van der Waals surface area contributed by atoms with E-state index in [1.165, 1.54) is 25.7 Å². The summed E-state index contributed by atoms with van der Waals surface area (Å²) in [5.74, 6) is 6.24. The Kier molecular flexibility index (Phi) is 8.17. The highest BCUT2D eigenvalue weighted by atomic mass is 79.9. The van der Waals surface area contributed by atoms with Crippen molar-refractivity contribution in [3.05, 3.63) is 0 Å². The van der Waals surface area contributed by atoms with Crippen LogP contribution in [0.5, 0.6) is 0 Å². The van der Waals surface area contributed by atoms with Crippen molar-refractivity contribution < 1.29 is 0 Å². The summed E-state index contributed by atoms with van der Waals surface area (Å²) in [4.78, 5) is 0.425. The minimum Gasteiger partial charge on any atom is -0.102 e. The van der Waals surface area contributed by atoms with Crippen molar-refractivity contribution >= 4 is 15.9 Å². The van der Waals surface area contributed by atoms with Gasteiger partial charge in [0.15, 0.2) is 0 Å². The number of rotatable bonds is 4. The molecule has 0 aliphatic heterocycles. The van der Waals surface area contributed by atoms with Crippen LogP contribution >= 0.6 is 15.9 Å². The quantitative estimate of drug-likeness (QED) is 0.382. The molecule has 0 saturated heterocycles. The van der Waals surface area contributed by atoms with Gasteiger partial charge < -0.3 is 0 Å². The van der Waals surface area contributed by atoms with Gasteiger partial charge in [-0.3, -0.25) is 0 Å². The molecule has 0 radical (unpaired) electrons. The first-order chi connectivity index (χ1) is 5.31. The third-order valence-corrected chi connectivity index (χ3v) is 2.18. The van der Waals surface area contributed by atoms with Gasteiger partial charge in [0.25, 0.3) is 0 Å². The molecule has 0 spiro atoms. The van der Waals surface area contributed by atoms with E-state index in [0.717, 1.165) is 6.42 Å². The summed E-state index contributed by atoms with van der Waals surface area (Å²) in [7, 11) is 0. The molecule has 0 aromatic rings. The molecule has 0 nitrogen and oxygen atoms in total. The molecule has 1 atom stereocenters. The van der Waals surface area contributed by atoms with Crippen molar-refractivity contribution in [3.63, 3.8) is 0 Å².